The predicted molar refractivity (Wildman–Crippen MR) is 110 cm³/mol. The third-order valence-corrected chi connectivity index (χ3v) is 4.45. The van der Waals surface area contributed by atoms with Crippen molar-refractivity contribution in [1.82, 2.24) is 5.32 Å². The second-order valence-corrected chi connectivity index (χ2v) is 6.15. The second-order valence-electron chi connectivity index (χ2n) is 6.15. The Kier molecular flexibility index (Phi) is 8.24. The van der Waals surface area contributed by atoms with Crippen LogP contribution in [0.15, 0.2) is 91.0 Å². The van der Waals surface area contributed by atoms with Crippen molar-refractivity contribution in [2.45, 2.75) is 18.8 Å². The standard InChI is InChI=1S/C23H25N.ClH/c1-4-10-20(11-5-1)16-18-24-19-17-23(21-12-6-2-7-13-21)22-14-8-3-9-15-22;/h1-15,23-24H,16-19H2;1H. The number of halogens is 1. The average Bonchev–Trinajstić information content (AvgIpc) is 2.67. The van der Waals surface area contributed by atoms with E-state index in [4.69, 9.17) is 0 Å². The molecule has 0 bridgehead atoms. The molecule has 0 amide bonds. The van der Waals surface area contributed by atoms with Crippen LogP contribution in [0.5, 0.6) is 0 Å². The van der Waals surface area contributed by atoms with Crippen molar-refractivity contribution >= 4 is 12.4 Å². The van der Waals surface area contributed by atoms with Crippen LogP contribution in [-0.4, -0.2) is 13.1 Å². The molecule has 0 aliphatic rings. The monoisotopic (exact) mass is 351 g/mol. The zero-order valence-electron chi connectivity index (χ0n) is 14.5. The molecule has 0 spiro atoms. The van der Waals surface area contributed by atoms with Gasteiger partial charge in [0.15, 0.2) is 0 Å². The smallest absolute Gasteiger partial charge is 0.0101 e. The molecule has 0 saturated carbocycles. The van der Waals surface area contributed by atoms with Gasteiger partial charge in [-0.05, 0) is 42.6 Å². The third kappa shape index (κ3) is 6.04. The van der Waals surface area contributed by atoms with Crippen LogP contribution in [0.3, 0.4) is 0 Å². The van der Waals surface area contributed by atoms with Gasteiger partial charge in [0.2, 0.25) is 0 Å². The van der Waals surface area contributed by atoms with Crippen molar-refractivity contribution in [2.75, 3.05) is 13.1 Å². The van der Waals surface area contributed by atoms with Crippen LogP contribution in [-0.2, 0) is 6.42 Å². The first-order valence-electron chi connectivity index (χ1n) is 8.78. The van der Waals surface area contributed by atoms with Crippen molar-refractivity contribution in [2.24, 2.45) is 0 Å². The molecule has 25 heavy (non-hydrogen) atoms. The average molecular weight is 352 g/mol. The molecule has 3 rings (SSSR count). The summed E-state index contributed by atoms with van der Waals surface area (Å²) in [6.45, 7) is 2.06. The minimum Gasteiger partial charge on any atom is -0.316 e. The Labute approximate surface area is 157 Å². The van der Waals surface area contributed by atoms with E-state index in [0.29, 0.717) is 5.92 Å². The molecular formula is C23H26ClN. The van der Waals surface area contributed by atoms with Crippen LogP contribution >= 0.6 is 12.4 Å². The first kappa shape index (κ1) is 19.2. The normalized spacial score (nSPS) is 10.4. The summed E-state index contributed by atoms with van der Waals surface area (Å²) in [4.78, 5) is 0. The Balaban J connectivity index is 0.00000225. The van der Waals surface area contributed by atoms with Crippen molar-refractivity contribution in [3.8, 4) is 0 Å². The SMILES string of the molecule is Cl.c1ccc(CCNCCC(c2ccccc2)c2ccccc2)cc1. The van der Waals surface area contributed by atoms with Gasteiger partial charge in [-0.2, -0.15) is 0 Å². The molecule has 130 valence electrons. The van der Waals surface area contributed by atoms with Crippen LogP contribution in [0.1, 0.15) is 29.0 Å². The molecule has 3 aromatic rings. The lowest BCUT2D eigenvalue weighted by atomic mass is 9.88. The molecule has 0 saturated heterocycles. The van der Waals surface area contributed by atoms with Crippen LogP contribution in [0, 0.1) is 0 Å². The van der Waals surface area contributed by atoms with Crippen LogP contribution in [0.2, 0.25) is 0 Å². The minimum absolute atomic E-state index is 0. The van der Waals surface area contributed by atoms with Gasteiger partial charge >= 0.3 is 0 Å². The number of rotatable bonds is 8. The molecular weight excluding hydrogens is 326 g/mol. The van der Waals surface area contributed by atoms with Gasteiger partial charge in [-0.3, -0.25) is 0 Å². The summed E-state index contributed by atoms with van der Waals surface area (Å²) in [5.74, 6) is 0.455. The van der Waals surface area contributed by atoms with Gasteiger partial charge in [-0.25, -0.2) is 0 Å². The molecule has 3 aromatic carbocycles. The maximum absolute atomic E-state index is 3.60. The molecule has 0 aromatic heterocycles. The molecule has 0 unspecified atom stereocenters. The molecule has 0 aliphatic heterocycles. The van der Waals surface area contributed by atoms with E-state index in [1.165, 1.54) is 16.7 Å². The van der Waals surface area contributed by atoms with E-state index < -0.39 is 0 Å². The number of hydrogen-bond acceptors (Lipinski definition) is 1. The van der Waals surface area contributed by atoms with Crippen molar-refractivity contribution < 1.29 is 0 Å². The Morgan fingerprint density at radius 3 is 1.60 bits per heavy atom. The Hall–Kier alpha value is -2.09. The zero-order valence-corrected chi connectivity index (χ0v) is 15.3. The van der Waals surface area contributed by atoms with Crippen molar-refractivity contribution in [3.05, 3.63) is 108 Å². The molecule has 0 atom stereocenters. The highest BCUT2D eigenvalue weighted by Gasteiger charge is 2.13. The highest BCUT2D eigenvalue weighted by molar-refractivity contribution is 5.85. The predicted octanol–water partition coefficient (Wildman–Crippen LogP) is 5.46. The number of hydrogen-bond donors (Lipinski definition) is 1. The fraction of sp³-hybridized carbons (Fsp3) is 0.217. The maximum atomic E-state index is 3.60. The van der Waals surface area contributed by atoms with Crippen LogP contribution in [0.4, 0.5) is 0 Å². The van der Waals surface area contributed by atoms with E-state index >= 15 is 0 Å². The maximum Gasteiger partial charge on any atom is 0.0101 e. The van der Waals surface area contributed by atoms with Gasteiger partial charge in [0.05, 0.1) is 0 Å². The van der Waals surface area contributed by atoms with E-state index in [1.54, 1.807) is 0 Å². The zero-order chi connectivity index (χ0) is 16.5. The lowest BCUT2D eigenvalue weighted by molar-refractivity contribution is 0.612. The third-order valence-electron chi connectivity index (χ3n) is 4.45. The first-order chi connectivity index (χ1) is 11.9. The molecule has 1 nitrogen and oxygen atoms in total. The summed E-state index contributed by atoms with van der Waals surface area (Å²) >= 11 is 0. The van der Waals surface area contributed by atoms with E-state index in [2.05, 4.69) is 96.3 Å². The van der Waals surface area contributed by atoms with Crippen molar-refractivity contribution in [1.29, 1.82) is 0 Å². The topological polar surface area (TPSA) is 12.0 Å². The first-order valence-corrected chi connectivity index (χ1v) is 8.78. The van der Waals surface area contributed by atoms with Crippen LogP contribution < -0.4 is 5.32 Å². The van der Waals surface area contributed by atoms with Gasteiger partial charge in [0, 0.05) is 5.92 Å². The summed E-state index contributed by atoms with van der Waals surface area (Å²) in [7, 11) is 0. The molecule has 2 heteroatoms. The van der Waals surface area contributed by atoms with E-state index in [1.807, 2.05) is 0 Å². The van der Waals surface area contributed by atoms with E-state index in [-0.39, 0.29) is 12.4 Å². The summed E-state index contributed by atoms with van der Waals surface area (Å²) in [6, 6.07) is 32.3. The van der Waals surface area contributed by atoms with Gasteiger partial charge in [-0.15, -0.1) is 12.4 Å². The van der Waals surface area contributed by atoms with Gasteiger partial charge in [0.1, 0.15) is 0 Å². The van der Waals surface area contributed by atoms with Gasteiger partial charge in [-0.1, -0.05) is 91.0 Å². The van der Waals surface area contributed by atoms with Gasteiger partial charge < -0.3 is 5.32 Å². The molecule has 0 radical (unpaired) electrons. The molecule has 0 fully saturated rings. The Morgan fingerprint density at radius 1 is 0.600 bits per heavy atom. The summed E-state index contributed by atoms with van der Waals surface area (Å²) in [6.07, 6.45) is 2.20. The van der Waals surface area contributed by atoms with E-state index in [0.717, 1.165) is 25.9 Å². The fourth-order valence-electron chi connectivity index (χ4n) is 3.15. The Bertz CT molecular complexity index is 658. The quantitative estimate of drug-likeness (QED) is 0.531. The van der Waals surface area contributed by atoms with E-state index in [9.17, 15) is 0 Å². The number of benzene rings is 3. The lowest BCUT2D eigenvalue weighted by Gasteiger charge is -2.18. The molecule has 0 aliphatic carbocycles. The Morgan fingerprint density at radius 2 is 1.08 bits per heavy atom. The summed E-state index contributed by atoms with van der Waals surface area (Å²) < 4.78 is 0. The highest BCUT2D eigenvalue weighted by atomic mass is 35.5. The number of nitrogens with one attached hydrogen (secondary N) is 1. The summed E-state index contributed by atoms with van der Waals surface area (Å²) in [5, 5.41) is 3.60. The van der Waals surface area contributed by atoms with Gasteiger partial charge in [0.25, 0.3) is 0 Å². The lowest BCUT2D eigenvalue weighted by Crippen LogP contribution is -2.20. The molecule has 1 N–H and O–H groups in total. The largest absolute Gasteiger partial charge is 0.316 e. The highest BCUT2D eigenvalue weighted by Crippen LogP contribution is 2.27. The molecule has 0 heterocycles. The summed E-state index contributed by atoms with van der Waals surface area (Å²) in [5.41, 5.74) is 4.19. The van der Waals surface area contributed by atoms with Crippen molar-refractivity contribution in [3.63, 3.8) is 0 Å². The van der Waals surface area contributed by atoms with Crippen LogP contribution in [0.25, 0.3) is 0 Å². The fourth-order valence-corrected chi connectivity index (χ4v) is 3.15. The second kappa shape index (κ2) is 10.7. The minimum atomic E-state index is 0.